The third-order valence-corrected chi connectivity index (χ3v) is 5.70. The van der Waals surface area contributed by atoms with Crippen LogP contribution in [0.4, 0.5) is 0 Å². The lowest BCUT2D eigenvalue weighted by Gasteiger charge is -2.23. The fraction of sp³-hybridized carbons (Fsp3) is 0.438. The van der Waals surface area contributed by atoms with E-state index >= 15 is 0 Å². The quantitative estimate of drug-likeness (QED) is 0.924. The van der Waals surface area contributed by atoms with Gasteiger partial charge < -0.3 is 10.5 Å². The van der Waals surface area contributed by atoms with Gasteiger partial charge in [0.05, 0.1) is 5.69 Å². The molecule has 1 aromatic carbocycles. The number of benzene rings is 1. The van der Waals surface area contributed by atoms with Crippen molar-refractivity contribution in [1.29, 1.82) is 0 Å². The SMILES string of the molecule is CC(C)Cc1nc(C2CSc3ccccc3O2)sc1CN. The van der Waals surface area contributed by atoms with Crippen LogP contribution in [0.3, 0.4) is 0 Å². The molecule has 1 aliphatic heterocycles. The van der Waals surface area contributed by atoms with Crippen molar-refractivity contribution in [3.05, 3.63) is 39.8 Å². The van der Waals surface area contributed by atoms with E-state index < -0.39 is 0 Å². The molecule has 0 saturated heterocycles. The van der Waals surface area contributed by atoms with Crippen molar-refractivity contribution < 1.29 is 4.74 Å². The molecule has 0 saturated carbocycles. The van der Waals surface area contributed by atoms with Crippen LogP contribution in [0.2, 0.25) is 0 Å². The zero-order valence-corrected chi connectivity index (χ0v) is 14.0. The number of ether oxygens (including phenoxy) is 1. The Hall–Kier alpha value is -1.04. The van der Waals surface area contributed by atoms with Crippen LogP contribution in [-0.2, 0) is 13.0 Å². The van der Waals surface area contributed by atoms with Crippen molar-refractivity contribution in [1.82, 2.24) is 4.98 Å². The maximum atomic E-state index is 6.12. The first-order valence-corrected chi connectivity index (χ1v) is 9.04. The van der Waals surface area contributed by atoms with Crippen LogP contribution in [0, 0.1) is 5.92 Å². The van der Waals surface area contributed by atoms with Gasteiger partial charge in [-0.05, 0) is 24.5 Å². The predicted octanol–water partition coefficient (Wildman–Crippen LogP) is 4.03. The summed E-state index contributed by atoms with van der Waals surface area (Å²) in [5, 5.41) is 1.06. The van der Waals surface area contributed by atoms with Gasteiger partial charge in [0.25, 0.3) is 0 Å². The molecule has 2 aromatic rings. The topological polar surface area (TPSA) is 48.1 Å². The maximum absolute atomic E-state index is 6.12. The van der Waals surface area contributed by atoms with Crippen LogP contribution in [0.25, 0.3) is 0 Å². The molecule has 21 heavy (non-hydrogen) atoms. The Kier molecular flexibility index (Phi) is 4.52. The molecule has 112 valence electrons. The van der Waals surface area contributed by atoms with Gasteiger partial charge in [0, 0.05) is 22.1 Å². The highest BCUT2D eigenvalue weighted by Crippen LogP contribution is 2.41. The van der Waals surface area contributed by atoms with Crippen molar-refractivity contribution in [2.75, 3.05) is 5.75 Å². The number of hydrogen-bond acceptors (Lipinski definition) is 5. The van der Waals surface area contributed by atoms with Crippen molar-refractivity contribution in [2.24, 2.45) is 11.7 Å². The van der Waals surface area contributed by atoms with Crippen molar-refractivity contribution in [3.63, 3.8) is 0 Å². The van der Waals surface area contributed by atoms with E-state index in [0.717, 1.165) is 28.6 Å². The van der Waals surface area contributed by atoms with E-state index in [-0.39, 0.29) is 6.10 Å². The molecule has 3 nitrogen and oxygen atoms in total. The van der Waals surface area contributed by atoms with Gasteiger partial charge in [-0.1, -0.05) is 26.0 Å². The van der Waals surface area contributed by atoms with Gasteiger partial charge in [-0.3, -0.25) is 0 Å². The number of hydrogen-bond donors (Lipinski definition) is 1. The van der Waals surface area contributed by atoms with E-state index in [1.165, 1.54) is 9.77 Å². The van der Waals surface area contributed by atoms with Gasteiger partial charge in [-0.2, -0.15) is 0 Å². The van der Waals surface area contributed by atoms with E-state index in [2.05, 4.69) is 19.9 Å². The highest BCUT2D eigenvalue weighted by molar-refractivity contribution is 7.99. The highest BCUT2D eigenvalue weighted by atomic mass is 32.2. The third-order valence-electron chi connectivity index (χ3n) is 3.37. The summed E-state index contributed by atoms with van der Waals surface area (Å²) in [6.07, 6.45) is 1.03. The lowest BCUT2D eigenvalue weighted by atomic mass is 10.1. The van der Waals surface area contributed by atoms with Crippen LogP contribution in [-0.4, -0.2) is 10.7 Å². The first kappa shape index (κ1) is 14.9. The number of aromatic nitrogens is 1. The molecule has 0 bridgehead atoms. The molecule has 2 N–H and O–H groups in total. The standard InChI is InChI=1S/C16H20N2OS2/c1-10(2)7-11-15(8-17)21-16(18-11)13-9-20-14-6-4-3-5-12(14)19-13/h3-6,10,13H,7-9,17H2,1-2H3. The zero-order valence-electron chi connectivity index (χ0n) is 12.3. The number of fused-ring (bicyclic) bond motifs is 1. The van der Waals surface area contributed by atoms with Crippen molar-refractivity contribution in [2.45, 2.75) is 37.8 Å². The minimum Gasteiger partial charge on any atom is -0.481 e. The largest absolute Gasteiger partial charge is 0.481 e. The molecule has 1 aliphatic rings. The third kappa shape index (κ3) is 3.25. The Morgan fingerprint density at radius 2 is 2.19 bits per heavy atom. The Morgan fingerprint density at radius 3 is 2.95 bits per heavy atom. The Bertz CT molecular complexity index is 624. The summed E-state index contributed by atoms with van der Waals surface area (Å²) in [6.45, 7) is 4.99. The predicted molar refractivity (Wildman–Crippen MR) is 89.1 cm³/mol. The molecule has 0 aliphatic carbocycles. The molecule has 5 heteroatoms. The van der Waals surface area contributed by atoms with E-state index in [9.17, 15) is 0 Å². The monoisotopic (exact) mass is 320 g/mol. The van der Waals surface area contributed by atoms with Crippen LogP contribution >= 0.6 is 23.1 Å². The number of nitrogens with two attached hydrogens (primary N) is 1. The molecule has 1 unspecified atom stereocenters. The molecule has 1 atom stereocenters. The lowest BCUT2D eigenvalue weighted by molar-refractivity contribution is 0.219. The molecule has 3 rings (SSSR count). The smallest absolute Gasteiger partial charge is 0.159 e. The Labute approximate surface area is 133 Å². The summed E-state index contributed by atoms with van der Waals surface area (Å²) in [5.74, 6) is 2.47. The summed E-state index contributed by atoms with van der Waals surface area (Å²) in [4.78, 5) is 7.23. The molecule has 0 fully saturated rings. The molecule has 0 radical (unpaired) electrons. The van der Waals surface area contributed by atoms with Crippen LogP contribution in [0.5, 0.6) is 5.75 Å². The second-order valence-corrected chi connectivity index (χ2v) is 7.77. The molecule has 0 amide bonds. The van der Waals surface area contributed by atoms with Gasteiger partial charge in [-0.25, -0.2) is 4.98 Å². The van der Waals surface area contributed by atoms with E-state index in [1.54, 1.807) is 11.3 Å². The van der Waals surface area contributed by atoms with Gasteiger partial charge in [0.2, 0.25) is 0 Å². The lowest BCUT2D eigenvalue weighted by Crippen LogP contribution is -2.14. The molecular weight excluding hydrogens is 300 g/mol. The molecule has 0 spiro atoms. The fourth-order valence-corrected chi connectivity index (χ4v) is 4.48. The summed E-state index contributed by atoms with van der Waals surface area (Å²) in [7, 11) is 0. The van der Waals surface area contributed by atoms with Gasteiger partial charge in [0.15, 0.2) is 6.10 Å². The number of rotatable bonds is 4. The summed E-state index contributed by atoms with van der Waals surface area (Å²) < 4.78 is 6.12. The van der Waals surface area contributed by atoms with E-state index in [1.807, 2.05) is 30.0 Å². The first-order chi connectivity index (χ1) is 10.2. The fourth-order valence-electron chi connectivity index (χ4n) is 2.39. The molecular formula is C16H20N2OS2. The van der Waals surface area contributed by atoms with Gasteiger partial charge in [0.1, 0.15) is 10.8 Å². The van der Waals surface area contributed by atoms with Crippen LogP contribution in [0.15, 0.2) is 29.2 Å². The molecule has 2 heterocycles. The Balaban J connectivity index is 1.83. The minimum atomic E-state index is 0.0427. The molecule has 1 aromatic heterocycles. The van der Waals surface area contributed by atoms with Crippen LogP contribution in [0.1, 0.15) is 35.5 Å². The number of nitrogens with zero attached hydrogens (tertiary/aromatic N) is 1. The second-order valence-electron chi connectivity index (χ2n) is 5.59. The maximum Gasteiger partial charge on any atom is 0.159 e. The summed E-state index contributed by atoms with van der Waals surface area (Å²) in [6, 6.07) is 8.19. The highest BCUT2D eigenvalue weighted by Gasteiger charge is 2.25. The van der Waals surface area contributed by atoms with Crippen molar-refractivity contribution in [3.8, 4) is 5.75 Å². The number of thioether (sulfide) groups is 1. The van der Waals surface area contributed by atoms with Crippen LogP contribution < -0.4 is 10.5 Å². The Morgan fingerprint density at radius 1 is 1.38 bits per heavy atom. The average Bonchev–Trinajstić information content (AvgIpc) is 2.89. The normalized spacial score (nSPS) is 17.6. The van der Waals surface area contributed by atoms with Gasteiger partial charge in [-0.15, -0.1) is 23.1 Å². The zero-order chi connectivity index (χ0) is 14.8. The van der Waals surface area contributed by atoms with Gasteiger partial charge >= 0.3 is 0 Å². The number of thiazole rings is 1. The summed E-state index contributed by atoms with van der Waals surface area (Å²) >= 11 is 3.55. The number of para-hydroxylation sites is 1. The minimum absolute atomic E-state index is 0.0427. The average molecular weight is 320 g/mol. The summed E-state index contributed by atoms with van der Waals surface area (Å²) in [5.41, 5.74) is 7.02. The van der Waals surface area contributed by atoms with Crippen molar-refractivity contribution >= 4 is 23.1 Å². The first-order valence-electron chi connectivity index (χ1n) is 7.24. The van der Waals surface area contributed by atoms with E-state index in [4.69, 9.17) is 15.5 Å². The second kappa shape index (κ2) is 6.38. The van der Waals surface area contributed by atoms with E-state index in [0.29, 0.717) is 12.5 Å².